The Labute approximate surface area is 255 Å². The maximum absolute atomic E-state index is 13.5. The number of aliphatic hydroxyl groups is 1. The fourth-order valence-electron chi connectivity index (χ4n) is 4.63. The van der Waals surface area contributed by atoms with Crippen LogP contribution in [-0.4, -0.2) is 60.0 Å². The van der Waals surface area contributed by atoms with Crippen LogP contribution in [0.15, 0.2) is 93.7 Å². The Bertz CT molecular complexity index is 1950. The van der Waals surface area contributed by atoms with E-state index >= 15 is 0 Å². The number of sulfone groups is 1. The van der Waals surface area contributed by atoms with E-state index < -0.39 is 38.3 Å². The van der Waals surface area contributed by atoms with Crippen molar-refractivity contribution in [2.45, 2.75) is 22.1 Å². The van der Waals surface area contributed by atoms with Gasteiger partial charge in [0.15, 0.2) is 5.13 Å². The van der Waals surface area contributed by atoms with Gasteiger partial charge in [-0.15, -0.1) is 0 Å². The van der Waals surface area contributed by atoms with Gasteiger partial charge in [-0.05, 0) is 36.8 Å². The van der Waals surface area contributed by atoms with Gasteiger partial charge in [0.2, 0.25) is 9.84 Å². The van der Waals surface area contributed by atoms with Crippen molar-refractivity contribution in [3.05, 3.63) is 117 Å². The molecule has 1 aliphatic rings. The fraction of sp³-hybridized carbons (Fsp3) is 0.133. The van der Waals surface area contributed by atoms with Gasteiger partial charge in [0.1, 0.15) is 9.97 Å². The predicted octanol–water partition coefficient (Wildman–Crippen LogP) is 4.52. The number of carbonyl (C=O) groups is 3. The molecule has 0 spiro atoms. The molecule has 4 aromatic rings. The summed E-state index contributed by atoms with van der Waals surface area (Å²) in [6.07, 6.45) is 1.03. The van der Waals surface area contributed by atoms with Gasteiger partial charge in [0.25, 0.3) is 17.4 Å². The molecule has 1 N–H and O–H groups in total. The van der Waals surface area contributed by atoms with Gasteiger partial charge in [0.05, 0.1) is 27.6 Å². The minimum Gasteiger partial charge on any atom is -0.507 e. The summed E-state index contributed by atoms with van der Waals surface area (Å²) < 4.78 is 26.4. The van der Waals surface area contributed by atoms with Gasteiger partial charge in [-0.2, -0.15) is 0 Å². The van der Waals surface area contributed by atoms with E-state index in [-0.39, 0.29) is 31.4 Å². The lowest BCUT2D eigenvalue weighted by Crippen LogP contribution is -2.29. The van der Waals surface area contributed by atoms with Crippen molar-refractivity contribution >= 4 is 55.3 Å². The molecule has 2 heterocycles. The third-order valence-corrected chi connectivity index (χ3v) is 10.2. The summed E-state index contributed by atoms with van der Waals surface area (Å²) in [6, 6.07) is 15.9. The van der Waals surface area contributed by atoms with Crippen molar-refractivity contribution in [2.75, 3.05) is 19.0 Å². The second kappa shape index (κ2) is 11.5. The molecule has 1 atom stereocenters. The zero-order valence-electron chi connectivity index (χ0n) is 23.5. The van der Waals surface area contributed by atoms with Gasteiger partial charge in [0, 0.05) is 37.4 Å². The number of Topliss-reactive ketones (excluding diaryl/α,β-unsaturated/α-hetero) is 1. The Hall–Kier alpha value is -5.21. The average Bonchev–Trinajstić information content (AvgIpc) is 3.60. The molecular formula is C30H24N4O8S2. The molecule has 0 radical (unpaired) electrons. The highest BCUT2D eigenvalue weighted by atomic mass is 32.2. The smallest absolute Gasteiger partial charge is 0.301 e. The van der Waals surface area contributed by atoms with Crippen molar-refractivity contribution in [1.82, 2.24) is 9.88 Å². The number of carbonyl (C=O) groups excluding carboxylic acids is 3. The Morgan fingerprint density at radius 1 is 0.977 bits per heavy atom. The van der Waals surface area contributed by atoms with E-state index in [0.29, 0.717) is 28.0 Å². The van der Waals surface area contributed by atoms with Crippen molar-refractivity contribution in [3.8, 4) is 0 Å². The number of anilines is 1. The monoisotopic (exact) mass is 632 g/mol. The number of aliphatic hydroxyl groups excluding tert-OH is 1. The number of rotatable bonds is 7. The van der Waals surface area contributed by atoms with E-state index in [9.17, 15) is 38.0 Å². The highest BCUT2D eigenvalue weighted by Gasteiger charge is 2.48. The summed E-state index contributed by atoms with van der Waals surface area (Å²) in [4.78, 5) is 56.1. The molecule has 0 bridgehead atoms. The summed E-state index contributed by atoms with van der Waals surface area (Å²) in [7, 11) is -1.01. The van der Waals surface area contributed by atoms with Crippen molar-refractivity contribution in [2.24, 2.45) is 0 Å². The maximum Gasteiger partial charge on any atom is 0.301 e. The SMILES string of the molecule is Cc1ccc(C(O)=C2C(=O)C(=O)N(c3ncc(S(=O)(=O)c4ccc([N+](=O)[O-])cc4)s3)C2c2ccc(C(=O)N(C)C)cc2)cc1. The lowest BCUT2D eigenvalue weighted by atomic mass is 9.94. The molecular weight excluding hydrogens is 608 g/mol. The summed E-state index contributed by atoms with van der Waals surface area (Å²) >= 11 is 0.625. The molecule has 3 aromatic carbocycles. The van der Waals surface area contributed by atoms with Crippen LogP contribution in [0.4, 0.5) is 10.8 Å². The van der Waals surface area contributed by atoms with Crippen molar-refractivity contribution in [1.29, 1.82) is 0 Å². The Morgan fingerprint density at radius 3 is 2.14 bits per heavy atom. The molecule has 1 aromatic heterocycles. The summed E-state index contributed by atoms with van der Waals surface area (Å²) in [5.74, 6) is -2.74. The van der Waals surface area contributed by atoms with Crippen LogP contribution in [0.3, 0.4) is 0 Å². The predicted molar refractivity (Wildman–Crippen MR) is 161 cm³/mol. The molecule has 14 heteroatoms. The van der Waals surface area contributed by atoms with Crippen LogP contribution in [0.25, 0.3) is 5.76 Å². The highest BCUT2D eigenvalue weighted by molar-refractivity contribution is 7.93. The molecule has 0 aliphatic carbocycles. The molecule has 12 nitrogen and oxygen atoms in total. The second-order valence-corrected chi connectivity index (χ2v) is 13.3. The number of thiazole rings is 1. The average molecular weight is 633 g/mol. The number of ketones is 1. The number of nitro benzene ring substituents is 1. The van der Waals surface area contributed by atoms with Gasteiger partial charge >= 0.3 is 5.91 Å². The molecule has 224 valence electrons. The standard InChI is InChI=1S/C30H24N4O8S2/c1-17-4-6-19(7-5-17)26(35)24-25(18-8-10-20(11-9-18)28(37)32(2)3)33(29(38)27(24)36)30-31-16-23(43-30)44(41,42)22-14-12-21(13-15-22)34(39)40/h4-16,25,35H,1-3H3. The number of hydrogen-bond acceptors (Lipinski definition) is 10. The van der Waals surface area contributed by atoms with E-state index in [1.54, 1.807) is 50.5 Å². The minimum atomic E-state index is -4.20. The molecule has 1 fully saturated rings. The highest BCUT2D eigenvalue weighted by Crippen LogP contribution is 2.44. The molecule has 5 rings (SSSR count). The molecule has 1 aliphatic heterocycles. The number of aryl methyl sites for hydroxylation is 1. The van der Waals surface area contributed by atoms with E-state index in [0.717, 1.165) is 40.9 Å². The normalized spacial score (nSPS) is 16.2. The fourth-order valence-corrected chi connectivity index (χ4v) is 7.17. The zero-order chi connectivity index (χ0) is 31.9. The Kier molecular flexibility index (Phi) is 7.88. The van der Waals surface area contributed by atoms with Crippen LogP contribution in [0.5, 0.6) is 0 Å². The number of amides is 2. The lowest BCUT2D eigenvalue weighted by Gasteiger charge is -2.23. The third kappa shape index (κ3) is 5.36. The van der Waals surface area contributed by atoms with Crippen LogP contribution < -0.4 is 4.90 Å². The summed E-state index contributed by atoms with van der Waals surface area (Å²) in [6.45, 7) is 1.85. The first-order valence-electron chi connectivity index (χ1n) is 13.0. The molecule has 1 saturated heterocycles. The lowest BCUT2D eigenvalue weighted by molar-refractivity contribution is -0.384. The van der Waals surface area contributed by atoms with Crippen LogP contribution in [-0.2, 0) is 19.4 Å². The molecule has 2 amide bonds. The Morgan fingerprint density at radius 2 is 1.57 bits per heavy atom. The first-order valence-corrected chi connectivity index (χ1v) is 15.3. The first kappa shape index (κ1) is 30.3. The Balaban J connectivity index is 1.62. The molecule has 44 heavy (non-hydrogen) atoms. The molecule has 1 unspecified atom stereocenters. The largest absolute Gasteiger partial charge is 0.507 e. The van der Waals surface area contributed by atoms with Crippen LogP contribution in [0, 0.1) is 17.0 Å². The summed E-state index contributed by atoms with van der Waals surface area (Å²) in [5.41, 5.74) is 1.38. The summed E-state index contributed by atoms with van der Waals surface area (Å²) in [5, 5.41) is 22.2. The number of nitrogens with zero attached hydrogens (tertiary/aromatic N) is 4. The third-order valence-electron chi connectivity index (χ3n) is 6.95. The van der Waals surface area contributed by atoms with Gasteiger partial charge < -0.3 is 10.0 Å². The van der Waals surface area contributed by atoms with Crippen LogP contribution >= 0.6 is 11.3 Å². The zero-order valence-corrected chi connectivity index (χ0v) is 25.1. The van der Waals surface area contributed by atoms with E-state index in [2.05, 4.69) is 4.98 Å². The number of benzene rings is 3. The number of nitro groups is 1. The van der Waals surface area contributed by atoms with E-state index in [1.807, 2.05) is 6.92 Å². The van der Waals surface area contributed by atoms with Gasteiger partial charge in [-0.1, -0.05) is 53.3 Å². The number of non-ortho nitro benzene ring substituents is 1. The minimum absolute atomic E-state index is 0.131. The van der Waals surface area contributed by atoms with Crippen molar-refractivity contribution < 1.29 is 32.8 Å². The van der Waals surface area contributed by atoms with Crippen molar-refractivity contribution in [3.63, 3.8) is 0 Å². The van der Waals surface area contributed by atoms with E-state index in [1.165, 1.54) is 17.0 Å². The topological polar surface area (TPSA) is 168 Å². The number of aromatic nitrogens is 1. The van der Waals surface area contributed by atoms with Gasteiger partial charge in [-0.25, -0.2) is 13.4 Å². The van der Waals surface area contributed by atoms with Crippen LogP contribution in [0.2, 0.25) is 0 Å². The second-order valence-electron chi connectivity index (χ2n) is 10.1. The first-order chi connectivity index (χ1) is 20.8. The maximum atomic E-state index is 13.5. The molecule has 0 saturated carbocycles. The van der Waals surface area contributed by atoms with Gasteiger partial charge in [-0.3, -0.25) is 29.4 Å². The van der Waals surface area contributed by atoms with Crippen LogP contribution in [0.1, 0.15) is 33.1 Å². The number of hydrogen-bond donors (Lipinski definition) is 1. The quantitative estimate of drug-likeness (QED) is 0.101. The van der Waals surface area contributed by atoms with E-state index in [4.69, 9.17) is 0 Å².